The highest BCUT2D eigenvalue weighted by atomic mass is 32.1. The first-order valence-corrected chi connectivity index (χ1v) is 7.21. The van der Waals surface area contributed by atoms with Crippen LogP contribution in [0.5, 0.6) is 5.75 Å². The summed E-state index contributed by atoms with van der Waals surface area (Å²) in [5.41, 5.74) is 1.05. The quantitative estimate of drug-likeness (QED) is 0.868. The van der Waals surface area contributed by atoms with Gasteiger partial charge in [0.15, 0.2) is 11.6 Å². The Bertz CT molecular complexity index is 513. The number of halogens is 1. The molecule has 0 saturated heterocycles. The van der Waals surface area contributed by atoms with Crippen molar-refractivity contribution >= 4 is 11.3 Å². The number of methoxy groups -OCH3 is 1. The van der Waals surface area contributed by atoms with E-state index >= 15 is 0 Å². The molecule has 0 bridgehead atoms. The molecule has 0 aliphatic heterocycles. The molecule has 0 radical (unpaired) electrons. The third-order valence-corrected chi connectivity index (χ3v) is 3.91. The maximum Gasteiger partial charge on any atom is 0.165 e. The van der Waals surface area contributed by atoms with E-state index in [0.29, 0.717) is 5.75 Å². The molecule has 1 heterocycles. The van der Waals surface area contributed by atoms with Crippen molar-refractivity contribution in [3.8, 4) is 5.75 Å². The van der Waals surface area contributed by atoms with Crippen LogP contribution in [0, 0.1) is 5.82 Å². The standard InChI is InChI=1S/C15H18FNOS/c1-3-17-14(10-12-5-4-8-19-12)11-6-7-13(16)15(9-11)18-2/h4-9,14,17H,3,10H2,1-2H3. The fourth-order valence-electron chi connectivity index (χ4n) is 2.08. The summed E-state index contributed by atoms with van der Waals surface area (Å²) >= 11 is 1.74. The molecular formula is C15H18FNOS. The fraction of sp³-hybridized carbons (Fsp3) is 0.333. The van der Waals surface area contributed by atoms with Gasteiger partial charge in [-0.2, -0.15) is 0 Å². The van der Waals surface area contributed by atoms with Crippen LogP contribution in [-0.4, -0.2) is 13.7 Å². The van der Waals surface area contributed by atoms with Crippen molar-refractivity contribution in [2.24, 2.45) is 0 Å². The molecule has 0 amide bonds. The van der Waals surface area contributed by atoms with Crippen LogP contribution in [0.15, 0.2) is 35.7 Å². The third-order valence-electron chi connectivity index (χ3n) is 3.01. The van der Waals surface area contributed by atoms with E-state index in [1.54, 1.807) is 17.4 Å². The SMILES string of the molecule is CCNC(Cc1cccs1)c1ccc(F)c(OC)c1. The predicted octanol–water partition coefficient (Wildman–Crippen LogP) is 3.79. The average molecular weight is 279 g/mol. The van der Waals surface area contributed by atoms with Gasteiger partial charge in [-0.05, 0) is 35.7 Å². The highest BCUT2D eigenvalue weighted by Crippen LogP contribution is 2.26. The molecule has 1 N–H and O–H groups in total. The molecule has 2 nitrogen and oxygen atoms in total. The molecule has 1 aromatic carbocycles. The number of ether oxygens (including phenoxy) is 1. The number of hydrogen-bond donors (Lipinski definition) is 1. The summed E-state index contributed by atoms with van der Waals surface area (Å²) in [7, 11) is 1.49. The Morgan fingerprint density at radius 1 is 1.37 bits per heavy atom. The van der Waals surface area contributed by atoms with Crippen LogP contribution in [0.4, 0.5) is 4.39 Å². The molecule has 0 spiro atoms. The molecule has 0 fully saturated rings. The molecule has 1 atom stereocenters. The van der Waals surface area contributed by atoms with Gasteiger partial charge in [0.25, 0.3) is 0 Å². The van der Waals surface area contributed by atoms with Crippen molar-refractivity contribution in [1.82, 2.24) is 5.32 Å². The summed E-state index contributed by atoms with van der Waals surface area (Å²) < 4.78 is 18.5. The molecule has 1 aromatic heterocycles. The van der Waals surface area contributed by atoms with E-state index in [1.165, 1.54) is 18.1 Å². The van der Waals surface area contributed by atoms with Gasteiger partial charge in [-0.3, -0.25) is 0 Å². The Morgan fingerprint density at radius 3 is 2.84 bits per heavy atom. The van der Waals surface area contributed by atoms with Gasteiger partial charge in [0.05, 0.1) is 7.11 Å². The monoisotopic (exact) mass is 279 g/mol. The molecule has 1 unspecified atom stereocenters. The molecule has 0 aliphatic rings. The minimum atomic E-state index is -0.322. The molecule has 4 heteroatoms. The van der Waals surface area contributed by atoms with E-state index in [2.05, 4.69) is 23.7 Å². The second-order valence-corrected chi connectivity index (χ2v) is 5.32. The minimum absolute atomic E-state index is 0.179. The Kier molecular flexibility index (Phi) is 4.93. The van der Waals surface area contributed by atoms with Crippen molar-refractivity contribution in [3.63, 3.8) is 0 Å². The van der Waals surface area contributed by atoms with E-state index in [4.69, 9.17) is 4.74 Å². The van der Waals surface area contributed by atoms with Crippen molar-refractivity contribution in [3.05, 3.63) is 52.0 Å². The zero-order chi connectivity index (χ0) is 13.7. The minimum Gasteiger partial charge on any atom is -0.494 e. The van der Waals surface area contributed by atoms with Gasteiger partial charge in [0.2, 0.25) is 0 Å². The van der Waals surface area contributed by atoms with Crippen LogP contribution in [0.25, 0.3) is 0 Å². The van der Waals surface area contributed by atoms with Crippen molar-refractivity contribution in [2.45, 2.75) is 19.4 Å². The highest BCUT2D eigenvalue weighted by Gasteiger charge is 2.14. The Balaban J connectivity index is 2.22. The number of hydrogen-bond acceptors (Lipinski definition) is 3. The van der Waals surface area contributed by atoms with Crippen LogP contribution in [0.2, 0.25) is 0 Å². The van der Waals surface area contributed by atoms with E-state index in [0.717, 1.165) is 18.5 Å². The smallest absolute Gasteiger partial charge is 0.165 e. The summed E-state index contributed by atoms with van der Waals surface area (Å²) in [4.78, 5) is 1.31. The highest BCUT2D eigenvalue weighted by molar-refractivity contribution is 7.09. The topological polar surface area (TPSA) is 21.3 Å². The normalized spacial score (nSPS) is 12.4. The predicted molar refractivity (Wildman–Crippen MR) is 77.4 cm³/mol. The number of thiophene rings is 1. The lowest BCUT2D eigenvalue weighted by atomic mass is 10.0. The molecule has 102 valence electrons. The third kappa shape index (κ3) is 3.55. The molecule has 19 heavy (non-hydrogen) atoms. The Morgan fingerprint density at radius 2 is 2.21 bits per heavy atom. The Hall–Kier alpha value is -1.39. The van der Waals surface area contributed by atoms with Gasteiger partial charge < -0.3 is 10.1 Å². The van der Waals surface area contributed by atoms with Gasteiger partial charge in [-0.25, -0.2) is 4.39 Å². The van der Waals surface area contributed by atoms with Gasteiger partial charge in [-0.15, -0.1) is 11.3 Å². The van der Waals surface area contributed by atoms with Crippen molar-refractivity contribution in [2.75, 3.05) is 13.7 Å². The van der Waals surface area contributed by atoms with Gasteiger partial charge >= 0.3 is 0 Å². The largest absolute Gasteiger partial charge is 0.494 e. The van der Waals surface area contributed by atoms with E-state index in [9.17, 15) is 4.39 Å². The van der Waals surface area contributed by atoms with Crippen molar-refractivity contribution < 1.29 is 9.13 Å². The summed E-state index contributed by atoms with van der Waals surface area (Å²) in [5, 5.41) is 5.51. The van der Waals surface area contributed by atoms with Crippen LogP contribution < -0.4 is 10.1 Å². The van der Waals surface area contributed by atoms with Crippen LogP contribution >= 0.6 is 11.3 Å². The molecule has 0 saturated carbocycles. The first kappa shape index (κ1) is 14.0. The van der Waals surface area contributed by atoms with E-state index < -0.39 is 0 Å². The summed E-state index contributed by atoms with van der Waals surface area (Å²) in [6.07, 6.45) is 0.903. The zero-order valence-corrected chi connectivity index (χ0v) is 12.0. The number of nitrogens with one attached hydrogen (secondary N) is 1. The number of benzene rings is 1. The second kappa shape index (κ2) is 6.68. The molecular weight excluding hydrogens is 261 g/mol. The summed E-state index contributed by atoms with van der Waals surface area (Å²) in [6, 6.07) is 9.41. The average Bonchev–Trinajstić information content (AvgIpc) is 2.92. The molecule has 2 aromatic rings. The fourth-order valence-corrected chi connectivity index (χ4v) is 2.83. The molecule has 2 rings (SSSR count). The van der Waals surface area contributed by atoms with Gasteiger partial charge in [-0.1, -0.05) is 19.1 Å². The van der Waals surface area contributed by atoms with Crippen LogP contribution in [-0.2, 0) is 6.42 Å². The number of likely N-dealkylation sites (N-methyl/N-ethyl adjacent to an activating group) is 1. The van der Waals surface area contributed by atoms with E-state index in [-0.39, 0.29) is 11.9 Å². The number of rotatable bonds is 6. The van der Waals surface area contributed by atoms with E-state index in [1.807, 2.05) is 12.1 Å². The maximum atomic E-state index is 13.5. The van der Waals surface area contributed by atoms with Gasteiger partial charge in [0.1, 0.15) is 0 Å². The summed E-state index contributed by atoms with van der Waals surface area (Å²) in [6.45, 7) is 2.94. The van der Waals surface area contributed by atoms with Gasteiger partial charge in [0, 0.05) is 17.3 Å². The molecule has 0 aliphatic carbocycles. The second-order valence-electron chi connectivity index (χ2n) is 4.29. The first-order valence-electron chi connectivity index (χ1n) is 6.33. The summed E-state index contributed by atoms with van der Waals surface area (Å²) in [5.74, 6) is -0.0239. The Labute approximate surface area is 117 Å². The maximum absolute atomic E-state index is 13.5. The van der Waals surface area contributed by atoms with Crippen LogP contribution in [0.3, 0.4) is 0 Å². The lowest BCUT2D eigenvalue weighted by molar-refractivity contribution is 0.384. The van der Waals surface area contributed by atoms with Crippen molar-refractivity contribution in [1.29, 1.82) is 0 Å². The van der Waals surface area contributed by atoms with Crippen LogP contribution in [0.1, 0.15) is 23.4 Å². The zero-order valence-electron chi connectivity index (χ0n) is 11.2. The lowest BCUT2D eigenvalue weighted by Gasteiger charge is -2.18. The lowest BCUT2D eigenvalue weighted by Crippen LogP contribution is -2.22. The first-order chi connectivity index (χ1) is 9.24.